The van der Waals surface area contributed by atoms with Gasteiger partial charge in [-0.1, -0.05) is 0 Å². The van der Waals surface area contributed by atoms with E-state index in [9.17, 15) is 14.7 Å². The molecule has 2 N–H and O–H groups in total. The number of aliphatic hydroxyl groups is 1. The number of fused-ring (bicyclic) bond motifs is 2. The smallest absolute Gasteiger partial charge is 0.332 e. The molecule has 0 amide bonds. The zero-order valence-electron chi connectivity index (χ0n) is 19.2. The fourth-order valence-electron chi connectivity index (χ4n) is 4.81. The molecule has 33 heavy (non-hydrogen) atoms. The van der Waals surface area contributed by atoms with Crippen molar-refractivity contribution >= 4 is 28.0 Å². The Morgan fingerprint density at radius 3 is 2.61 bits per heavy atom. The third-order valence-electron chi connectivity index (χ3n) is 6.77. The summed E-state index contributed by atoms with van der Waals surface area (Å²) in [5, 5.41) is 14.1. The maximum absolute atomic E-state index is 13.4. The highest BCUT2D eigenvalue weighted by Crippen LogP contribution is 2.25. The number of anilines is 1. The third-order valence-corrected chi connectivity index (χ3v) is 6.77. The number of rotatable bonds is 5. The Bertz CT molecular complexity index is 1490. The second-order valence-corrected chi connectivity index (χ2v) is 8.83. The predicted octanol–water partition coefficient (Wildman–Crippen LogP) is 1.31. The van der Waals surface area contributed by atoms with E-state index < -0.39 is 5.69 Å². The Kier molecular flexibility index (Phi) is 5.04. The van der Waals surface area contributed by atoms with Crippen molar-refractivity contribution in [2.45, 2.75) is 38.0 Å². The number of hydrogen-bond acceptors (Lipinski definition) is 6. The Labute approximate surface area is 189 Å². The zero-order chi connectivity index (χ0) is 23.4. The van der Waals surface area contributed by atoms with Crippen molar-refractivity contribution < 1.29 is 9.84 Å². The number of nitrogens with zero attached hydrogens (tertiary/aromatic N) is 5. The second kappa shape index (κ2) is 7.80. The Balaban J connectivity index is 1.58. The van der Waals surface area contributed by atoms with E-state index in [-0.39, 0.29) is 24.2 Å². The lowest BCUT2D eigenvalue weighted by atomic mass is 10.2. The molecule has 1 aliphatic rings. The molecule has 0 bridgehead atoms. The summed E-state index contributed by atoms with van der Waals surface area (Å²) < 4.78 is 11.7. The van der Waals surface area contributed by atoms with Crippen molar-refractivity contribution in [1.29, 1.82) is 0 Å². The van der Waals surface area contributed by atoms with E-state index in [1.807, 2.05) is 35.9 Å². The number of aryl methyl sites for hydroxylation is 3. The Morgan fingerprint density at radius 2 is 1.91 bits per heavy atom. The van der Waals surface area contributed by atoms with Crippen molar-refractivity contribution in [3.8, 4) is 5.75 Å². The van der Waals surface area contributed by atoms with Crippen molar-refractivity contribution in [3.05, 3.63) is 50.8 Å². The van der Waals surface area contributed by atoms with Gasteiger partial charge in [-0.15, -0.1) is 0 Å². The lowest BCUT2D eigenvalue weighted by Crippen LogP contribution is -2.40. The molecule has 0 unspecified atom stereocenters. The lowest BCUT2D eigenvalue weighted by molar-refractivity contribution is 0.182. The van der Waals surface area contributed by atoms with Crippen molar-refractivity contribution in [2.24, 2.45) is 21.1 Å². The molecule has 1 saturated carbocycles. The first-order valence-corrected chi connectivity index (χ1v) is 11.0. The topological polar surface area (TPSA) is 108 Å². The highest BCUT2D eigenvalue weighted by molar-refractivity contribution is 5.83. The summed E-state index contributed by atoms with van der Waals surface area (Å²) in [5.41, 5.74) is 1.71. The second-order valence-electron chi connectivity index (χ2n) is 8.83. The number of aliphatic hydroxyl groups excluding tert-OH is 1. The molecule has 0 saturated heterocycles. The van der Waals surface area contributed by atoms with Gasteiger partial charge in [-0.2, -0.15) is 4.98 Å². The van der Waals surface area contributed by atoms with Gasteiger partial charge in [-0.25, -0.2) is 4.79 Å². The molecule has 0 aliphatic heterocycles. The molecule has 1 aliphatic carbocycles. The van der Waals surface area contributed by atoms with Crippen LogP contribution in [0.1, 0.15) is 25.0 Å². The van der Waals surface area contributed by atoms with Crippen LogP contribution in [-0.2, 0) is 27.7 Å². The molecular formula is C23H28N6O4. The van der Waals surface area contributed by atoms with Crippen LogP contribution in [0.4, 0.5) is 5.95 Å². The minimum Gasteiger partial charge on any atom is -0.497 e. The van der Waals surface area contributed by atoms with Crippen LogP contribution in [0.25, 0.3) is 22.1 Å². The lowest BCUT2D eigenvalue weighted by Gasteiger charge is -2.12. The van der Waals surface area contributed by atoms with E-state index in [0.717, 1.165) is 35.2 Å². The first-order chi connectivity index (χ1) is 15.8. The zero-order valence-corrected chi connectivity index (χ0v) is 19.2. The molecule has 3 aromatic heterocycles. The molecule has 174 valence electrons. The molecule has 4 aromatic rings. The van der Waals surface area contributed by atoms with Crippen LogP contribution in [0.5, 0.6) is 5.75 Å². The van der Waals surface area contributed by atoms with E-state index >= 15 is 0 Å². The van der Waals surface area contributed by atoms with Crippen molar-refractivity contribution in [3.63, 3.8) is 0 Å². The van der Waals surface area contributed by atoms with E-state index in [0.29, 0.717) is 23.5 Å². The van der Waals surface area contributed by atoms with Gasteiger partial charge in [0.1, 0.15) is 5.75 Å². The van der Waals surface area contributed by atoms with E-state index in [1.165, 1.54) is 9.13 Å². The number of methoxy groups -OCH3 is 1. The summed E-state index contributed by atoms with van der Waals surface area (Å²) in [6, 6.07) is 7.83. The first kappa shape index (κ1) is 21.3. The predicted molar refractivity (Wildman–Crippen MR) is 126 cm³/mol. The maximum atomic E-state index is 13.4. The van der Waals surface area contributed by atoms with Gasteiger partial charge in [0.25, 0.3) is 5.56 Å². The average molecular weight is 453 g/mol. The first-order valence-electron chi connectivity index (χ1n) is 11.0. The van der Waals surface area contributed by atoms with Gasteiger partial charge in [-0.05, 0) is 43.5 Å². The number of aromatic nitrogens is 5. The van der Waals surface area contributed by atoms with Crippen molar-refractivity contribution in [1.82, 2.24) is 23.3 Å². The Morgan fingerprint density at radius 1 is 1.12 bits per heavy atom. The van der Waals surface area contributed by atoms with Gasteiger partial charge < -0.3 is 24.3 Å². The fourth-order valence-corrected chi connectivity index (χ4v) is 4.81. The molecule has 10 nitrogen and oxygen atoms in total. The van der Waals surface area contributed by atoms with Gasteiger partial charge in [0.15, 0.2) is 11.2 Å². The highest BCUT2D eigenvalue weighted by atomic mass is 16.5. The SMILES string of the molecule is COc1ccc2c(c1)cc(Cn1c(=O)c3c(nc(N[C@H]4CC[C@@H](O)C4)n3C)n(C)c1=O)n2C. The number of nitrogens with one attached hydrogen (secondary N) is 1. The third kappa shape index (κ3) is 3.41. The largest absolute Gasteiger partial charge is 0.497 e. The minimum atomic E-state index is -0.420. The van der Waals surface area contributed by atoms with E-state index in [4.69, 9.17) is 4.74 Å². The number of ether oxygens (including phenoxy) is 1. The molecule has 10 heteroatoms. The monoisotopic (exact) mass is 452 g/mol. The van der Waals surface area contributed by atoms with Crippen LogP contribution >= 0.6 is 0 Å². The molecule has 5 rings (SSSR count). The molecule has 3 heterocycles. The molecule has 0 spiro atoms. The average Bonchev–Trinajstić information content (AvgIpc) is 3.45. The molecule has 0 radical (unpaired) electrons. The highest BCUT2D eigenvalue weighted by Gasteiger charge is 2.25. The molecule has 1 aromatic carbocycles. The summed E-state index contributed by atoms with van der Waals surface area (Å²) in [5.74, 6) is 1.27. The van der Waals surface area contributed by atoms with Crippen molar-refractivity contribution in [2.75, 3.05) is 12.4 Å². The van der Waals surface area contributed by atoms with Crippen LogP contribution in [0, 0.1) is 0 Å². The van der Waals surface area contributed by atoms with Crippen LogP contribution in [0.3, 0.4) is 0 Å². The fraction of sp³-hybridized carbons (Fsp3) is 0.435. The van der Waals surface area contributed by atoms with E-state index in [1.54, 1.807) is 25.8 Å². The maximum Gasteiger partial charge on any atom is 0.332 e. The van der Waals surface area contributed by atoms with Crippen LogP contribution in [0.15, 0.2) is 33.9 Å². The molecule has 2 atom stereocenters. The Hall–Kier alpha value is -3.53. The summed E-state index contributed by atoms with van der Waals surface area (Å²) >= 11 is 0. The summed E-state index contributed by atoms with van der Waals surface area (Å²) in [7, 11) is 6.93. The number of imidazole rings is 1. The number of hydrogen-bond donors (Lipinski definition) is 2. The summed E-state index contributed by atoms with van der Waals surface area (Å²) in [6.07, 6.45) is 1.89. The summed E-state index contributed by atoms with van der Waals surface area (Å²) in [6.45, 7) is 0.137. The van der Waals surface area contributed by atoms with Gasteiger partial charge in [0.2, 0.25) is 5.95 Å². The summed E-state index contributed by atoms with van der Waals surface area (Å²) in [4.78, 5) is 31.1. The van der Waals surface area contributed by atoms with Gasteiger partial charge in [0.05, 0.1) is 19.8 Å². The normalized spacial score (nSPS) is 18.5. The minimum absolute atomic E-state index is 0.0857. The molecular weight excluding hydrogens is 424 g/mol. The number of benzene rings is 1. The van der Waals surface area contributed by atoms with Gasteiger partial charge >= 0.3 is 5.69 Å². The standard InChI is InChI=1S/C23H28N6O4/c1-26-15(9-13-10-17(33-4)7-8-18(13)26)12-29-21(31)19-20(28(3)23(29)32)25-22(27(19)2)24-14-5-6-16(30)11-14/h7-10,14,16,30H,5-6,11-12H2,1-4H3,(H,24,25)/t14-,16+/m0/s1. The van der Waals surface area contributed by atoms with E-state index in [2.05, 4.69) is 10.3 Å². The van der Waals surface area contributed by atoms with Gasteiger partial charge in [-0.3, -0.25) is 13.9 Å². The van der Waals surface area contributed by atoms with Crippen LogP contribution in [-0.4, -0.2) is 47.6 Å². The van der Waals surface area contributed by atoms with Gasteiger partial charge in [0, 0.05) is 43.8 Å². The van der Waals surface area contributed by atoms with Crippen LogP contribution < -0.4 is 21.3 Å². The van der Waals surface area contributed by atoms with Crippen LogP contribution in [0.2, 0.25) is 0 Å². The molecule has 1 fully saturated rings. The quantitative estimate of drug-likeness (QED) is 0.473.